The van der Waals surface area contributed by atoms with Crippen LogP contribution in [0.25, 0.3) is 0 Å². The van der Waals surface area contributed by atoms with E-state index < -0.39 is 6.04 Å². The Morgan fingerprint density at radius 1 is 0.939 bits per heavy atom. The monoisotopic (exact) mass is 447 g/mol. The first-order chi connectivity index (χ1) is 15.8. The normalized spacial score (nSPS) is 25.5. The van der Waals surface area contributed by atoms with Crippen molar-refractivity contribution < 1.29 is 9.59 Å². The maximum atomic E-state index is 13.7. The molecular formula is C26H33N5O2. The summed E-state index contributed by atoms with van der Waals surface area (Å²) in [6.07, 6.45) is 0.517. The molecule has 3 aliphatic rings. The van der Waals surface area contributed by atoms with Crippen molar-refractivity contribution >= 4 is 17.6 Å². The number of imide groups is 1. The first-order valence-electron chi connectivity index (χ1n) is 11.8. The summed E-state index contributed by atoms with van der Waals surface area (Å²) in [5.74, 6) is -0.110. The molecule has 0 radical (unpaired) electrons. The molecule has 0 aliphatic carbocycles. The molecule has 174 valence electrons. The molecule has 3 heterocycles. The van der Waals surface area contributed by atoms with E-state index in [0.717, 1.165) is 41.9 Å². The van der Waals surface area contributed by atoms with Crippen LogP contribution in [0.2, 0.25) is 0 Å². The third kappa shape index (κ3) is 3.60. The van der Waals surface area contributed by atoms with Gasteiger partial charge in [0, 0.05) is 25.8 Å². The zero-order chi connectivity index (χ0) is 23.4. The van der Waals surface area contributed by atoms with Crippen molar-refractivity contribution in [3.8, 4) is 0 Å². The van der Waals surface area contributed by atoms with Gasteiger partial charge in [-0.2, -0.15) is 0 Å². The standard InChI is InChI=1S/C26H33N5O2/c1-16-7-8-18(3)20(13-16)15-31-24(32)22-23(28(5)26(31)33)27-25-29(11-6-12-30(22)25)21-10-9-17(2)19(4)14-21/h7-10,13-14,22-23,25,27H,6,11-12,15H2,1-5H3. The highest BCUT2D eigenvalue weighted by atomic mass is 16.2. The number of fused-ring (bicyclic) bond motifs is 3. The Balaban J connectivity index is 1.45. The second kappa shape index (κ2) is 8.15. The fourth-order valence-electron chi connectivity index (χ4n) is 5.37. The fourth-order valence-corrected chi connectivity index (χ4v) is 5.37. The molecule has 3 unspecified atom stereocenters. The lowest BCUT2D eigenvalue weighted by molar-refractivity contribution is -0.139. The summed E-state index contributed by atoms with van der Waals surface area (Å²) in [6, 6.07) is 12.1. The van der Waals surface area contributed by atoms with Crippen molar-refractivity contribution in [2.45, 2.75) is 59.2 Å². The molecule has 0 saturated carbocycles. The van der Waals surface area contributed by atoms with Gasteiger partial charge in [0.15, 0.2) is 0 Å². The zero-order valence-electron chi connectivity index (χ0n) is 20.1. The van der Waals surface area contributed by atoms with Crippen LogP contribution >= 0.6 is 0 Å². The summed E-state index contributed by atoms with van der Waals surface area (Å²) in [5.41, 5.74) is 6.90. The van der Waals surface area contributed by atoms with Crippen molar-refractivity contribution in [3.05, 3.63) is 64.2 Å². The summed E-state index contributed by atoms with van der Waals surface area (Å²) in [4.78, 5) is 34.7. The van der Waals surface area contributed by atoms with E-state index in [1.54, 1.807) is 11.9 Å². The van der Waals surface area contributed by atoms with Gasteiger partial charge in [0.2, 0.25) is 0 Å². The van der Waals surface area contributed by atoms with Crippen LogP contribution in [0.5, 0.6) is 0 Å². The van der Waals surface area contributed by atoms with Gasteiger partial charge in [-0.1, -0.05) is 29.8 Å². The van der Waals surface area contributed by atoms with Gasteiger partial charge in [0.1, 0.15) is 18.5 Å². The van der Waals surface area contributed by atoms with Gasteiger partial charge in [-0.3, -0.25) is 19.9 Å². The summed E-state index contributed by atoms with van der Waals surface area (Å²) in [7, 11) is 1.80. The van der Waals surface area contributed by atoms with Crippen molar-refractivity contribution in [2.75, 3.05) is 25.0 Å². The van der Waals surface area contributed by atoms with Crippen LogP contribution in [0.1, 0.15) is 34.2 Å². The molecule has 2 aromatic carbocycles. The van der Waals surface area contributed by atoms with Gasteiger partial charge < -0.3 is 9.80 Å². The first kappa shape index (κ1) is 21.9. The number of urea groups is 1. The lowest BCUT2D eigenvalue weighted by Crippen LogP contribution is -2.66. The van der Waals surface area contributed by atoms with E-state index in [2.05, 4.69) is 65.4 Å². The molecule has 0 aromatic heterocycles. The van der Waals surface area contributed by atoms with E-state index >= 15 is 0 Å². The molecule has 3 aliphatic heterocycles. The topological polar surface area (TPSA) is 59.1 Å². The number of anilines is 1. The number of nitrogens with one attached hydrogen (secondary N) is 1. The predicted molar refractivity (Wildman–Crippen MR) is 129 cm³/mol. The molecule has 3 fully saturated rings. The number of carbonyl (C=O) groups excluding carboxylic acids is 2. The lowest BCUT2D eigenvalue weighted by atomic mass is 10.0. The van der Waals surface area contributed by atoms with E-state index in [4.69, 9.17) is 0 Å². The van der Waals surface area contributed by atoms with Gasteiger partial charge >= 0.3 is 6.03 Å². The van der Waals surface area contributed by atoms with Crippen LogP contribution in [0.4, 0.5) is 10.5 Å². The molecule has 3 amide bonds. The molecule has 7 nitrogen and oxygen atoms in total. The van der Waals surface area contributed by atoms with E-state index in [9.17, 15) is 9.59 Å². The molecule has 33 heavy (non-hydrogen) atoms. The van der Waals surface area contributed by atoms with Crippen molar-refractivity contribution in [1.29, 1.82) is 0 Å². The van der Waals surface area contributed by atoms with Crippen LogP contribution in [-0.4, -0.2) is 65.3 Å². The van der Waals surface area contributed by atoms with E-state index in [1.165, 1.54) is 16.0 Å². The van der Waals surface area contributed by atoms with Crippen molar-refractivity contribution in [3.63, 3.8) is 0 Å². The molecule has 3 atom stereocenters. The summed E-state index contributed by atoms with van der Waals surface area (Å²) in [6.45, 7) is 10.3. The third-order valence-electron chi connectivity index (χ3n) is 7.53. The van der Waals surface area contributed by atoms with E-state index in [-0.39, 0.29) is 24.4 Å². The minimum Gasteiger partial charge on any atom is -0.343 e. The van der Waals surface area contributed by atoms with Gasteiger partial charge in [-0.05, 0) is 68.5 Å². The number of rotatable bonds is 3. The second-order valence-corrected chi connectivity index (χ2v) is 9.73. The maximum absolute atomic E-state index is 13.7. The number of carbonyl (C=O) groups is 2. The SMILES string of the molecule is Cc1ccc(C)c(CN2C(=O)C3C(NC4N(c5ccc(C)c(C)c5)CCCN34)N(C)C2=O)c1. The maximum Gasteiger partial charge on any atom is 0.328 e. The summed E-state index contributed by atoms with van der Waals surface area (Å²) < 4.78 is 0. The molecule has 0 bridgehead atoms. The first-order valence-corrected chi connectivity index (χ1v) is 11.8. The fraction of sp³-hybridized carbons (Fsp3) is 0.462. The molecule has 0 spiro atoms. The number of nitrogens with zero attached hydrogens (tertiary/aromatic N) is 4. The quantitative estimate of drug-likeness (QED) is 0.784. The Kier molecular flexibility index (Phi) is 5.41. The minimum atomic E-state index is -0.392. The van der Waals surface area contributed by atoms with Gasteiger partial charge in [0.05, 0.1) is 6.54 Å². The smallest absolute Gasteiger partial charge is 0.328 e. The Morgan fingerprint density at radius 2 is 1.70 bits per heavy atom. The average Bonchev–Trinajstić information content (AvgIpc) is 3.19. The largest absolute Gasteiger partial charge is 0.343 e. The average molecular weight is 448 g/mol. The number of likely N-dealkylation sites (N-methyl/N-ethyl adjacent to an activating group) is 1. The predicted octanol–water partition coefficient (Wildman–Crippen LogP) is 3.11. The van der Waals surface area contributed by atoms with Gasteiger partial charge in [-0.25, -0.2) is 4.79 Å². The van der Waals surface area contributed by atoms with Crippen LogP contribution in [0.3, 0.4) is 0 Å². The molecule has 7 heteroatoms. The Hall–Kier alpha value is -2.90. The number of aryl methyl sites for hydroxylation is 4. The third-order valence-corrected chi connectivity index (χ3v) is 7.53. The molecule has 3 saturated heterocycles. The van der Waals surface area contributed by atoms with Crippen LogP contribution in [-0.2, 0) is 11.3 Å². The van der Waals surface area contributed by atoms with Crippen LogP contribution in [0, 0.1) is 27.7 Å². The summed E-state index contributed by atoms with van der Waals surface area (Å²) in [5, 5.41) is 3.60. The molecule has 5 rings (SSSR count). The highest BCUT2D eigenvalue weighted by Crippen LogP contribution is 2.34. The van der Waals surface area contributed by atoms with Crippen molar-refractivity contribution in [2.24, 2.45) is 0 Å². The Morgan fingerprint density at radius 3 is 2.45 bits per heavy atom. The Bertz CT molecular complexity index is 1120. The highest BCUT2D eigenvalue weighted by molar-refractivity contribution is 6.00. The molecule has 2 aromatic rings. The minimum absolute atomic E-state index is 0.110. The molecular weight excluding hydrogens is 414 g/mol. The Labute approximate surface area is 195 Å². The highest BCUT2D eigenvalue weighted by Gasteiger charge is 2.56. The number of hydrogen-bond acceptors (Lipinski definition) is 5. The summed E-state index contributed by atoms with van der Waals surface area (Å²) >= 11 is 0. The number of hydrogen-bond donors (Lipinski definition) is 1. The number of amides is 3. The van der Waals surface area contributed by atoms with Gasteiger partial charge in [-0.15, -0.1) is 0 Å². The van der Waals surface area contributed by atoms with Crippen molar-refractivity contribution in [1.82, 2.24) is 20.0 Å². The van der Waals surface area contributed by atoms with E-state index in [0.29, 0.717) is 6.54 Å². The number of benzene rings is 2. The van der Waals surface area contributed by atoms with Crippen LogP contribution < -0.4 is 10.2 Å². The van der Waals surface area contributed by atoms with Crippen LogP contribution in [0.15, 0.2) is 36.4 Å². The second-order valence-electron chi connectivity index (χ2n) is 9.73. The zero-order valence-corrected chi connectivity index (χ0v) is 20.1. The van der Waals surface area contributed by atoms with E-state index in [1.807, 2.05) is 13.8 Å². The lowest BCUT2D eigenvalue weighted by Gasteiger charge is -2.44. The molecule has 1 N–H and O–H groups in total. The van der Waals surface area contributed by atoms with Gasteiger partial charge in [0.25, 0.3) is 5.91 Å².